The van der Waals surface area contributed by atoms with E-state index < -0.39 is 0 Å². The topological polar surface area (TPSA) is 58.6 Å². The van der Waals surface area contributed by atoms with Crippen LogP contribution >= 0.6 is 0 Å². The lowest BCUT2D eigenvalue weighted by molar-refractivity contribution is 0.0625. The zero-order valence-corrected chi connectivity index (χ0v) is 19.8. The van der Waals surface area contributed by atoms with Gasteiger partial charge in [-0.2, -0.15) is 0 Å². The maximum atomic E-state index is 5.48. The van der Waals surface area contributed by atoms with Crippen molar-refractivity contribution in [2.75, 3.05) is 67.2 Å². The van der Waals surface area contributed by atoms with Gasteiger partial charge in [-0.3, -0.25) is 9.89 Å². The van der Waals surface area contributed by atoms with E-state index in [1.54, 1.807) is 14.2 Å². The minimum Gasteiger partial charge on any atom is -0.493 e. The van der Waals surface area contributed by atoms with Gasteiger partial charge < -0.3 is 24.4 Å². The molecule has 2 aliphatic rings. The van der Waals surface area contributed by atoms with Gasteiger partial charge in [0.1, 0.15) is 0 Å². The van der Waals surface area contributed by atoms with Crippen LogP contribution in [0.15, 0.2) is 17.1 Å². The van der Waals surface area contributed by atoms with Crippen molar-refractivity contribution in [3.8, 4) is 11.5 Å². The van der Waals surface area contributed by atoms with Gasteiger partial charge >= 0.3 is 0 Å². The summed E-state index contributed by atoms with van der Waals surface area (Å²) in [5.41, 5.74) is 2.69. The van der Waals surface area contributed by atoms with Crippen molar-refractivity contribution in [3.05, 3.63) is 23.3 Å². The number of aliphatic imine (C=N–C) groups is 1. The molecule has 1 aromatic carbocycles. The molecule has 0 aliphatic carbocycles. The molecule has 1 N–H and O–H groups in total. The Morgan fingerprint density at radius 3 is 2.58 bits per heavy atom. The molecule has 7 heteroatoms. The van der Waals surface area contributed by atoms with E-state index >= 15 is 0 Å². The predicted octanol–water partition coefficient (Wildman–Crippen LogP) is 2.78. The number of methoxy groups -OCH3 is 2. The number of ether oxygens (including phenoxy) is 3. The number of guanidine groups is 1. The van der Waals surface area contributed by atoms with Crippen molar-refractivity contribution < 1.29 is 14.2 Å². The second kappa shape index (κ2) is 12.2. The molecule has 0 saturated carbocycles. The van der Waals surface area contributed by atoms with Gasteiger partial charge in [-0.1, -0.05) is 0 Å². The van der Waals surface area contributed by atoms with Gasteiger partial charge in [0.05, 0.1) is 20.8 Å². The highest BCUT2D eigenvalue weighted by Crippen LogP contribution is 2.33. The highest BCUT2D eigenvalue weighted by Gasteiger charge is 2.19. The summed E-state index contributed by atoms with van der Waals surface area (Å²) in [7, 11) is 5.54. The van der Waals surface area contributed by atoms with Gasteiger partial charge in [-0.05, 0) is 61.8 Å². The van der Waals surface area contributed by atoms with Crippen LogP contribution in [0.1, 0.15) is 37.3 Å². The van der Waals surface area contributed by atoms with E-state index in [4.69, 9.17) is 19.2 Å². The second-order valence-corrected chi connectivity index (χ2v) is 8.50. The highest BCUT2D eigenvalue weighted by molar-refractivity contribution is 5.79. The molecule has 2 aliphatic heterocycles. The van der Waals surface area contributed by atoms with Crippen molar-refractivity contribution >= 4 is 5.96 Å². The Morgan fingerprint density at radius 1 is 1.19 bits per heavy atom. The van der Waals surface area contributed by atoms with Gasteiger partial charge in [0.25, 0.3) is 0 Å². The number of rotatable bonds is 9. The molecule has 174 valence electrons. The predicted molar refractivity (Wildman–Crippen MR) is 125 cm³/mol. The monoisotopic (exact) mass is 432 g/mol. The van der Waals surface area contributed by atoms with Crippen LogP contribution in [0.3, 0.4) is 0 Å². The van der Waals surface area contributed by atoms with Crippen molar-refractivity contribution in [2.45, 2.75) is 39.2 Å². The minimum absolute atomic E-state index is 0.781. The van der Waals surface area contributed by atoms with E-state index in [2.05, 4.69) is 41.2 Å². The molecule has 2 heterocycles. The first-order chi connectivity index (χ1) is 15.1. The second-order valence-electron chi connectivity index (χ2n) is 8.50. The summed E-state index contributed by atoms with van der Waals surface area (Å²) in [6, 6.07) is 4.25. The molecule has 0 atom stereocenters. The molecule has 1 fully saturated rings. The average molecular weight is 433 g/mol. The molecule has 0 spiro atoms. The molecule has 1 saturated heterocycles. The third-order valence-corrected chi connectivity index (χ3v) is 6.38. The Kier molecular flexibility index (Phi) is 9.28. The van der Waals surface area contributed by atoms with E-state index in [1.807, 2.05) is 0 Å². The van der Waals surface area contributed by atoms with E-state index in [0.29, 0.717) is 0 Å². The maximum Gasteiger partial charge on any atom is 0.193 e. The lowest BCUT2D eigenvalue weighted by Crippen LogP contribution is -2.41. The van der Waals surface area contributed by atoms with Crippen LogP contribution < -0.4 is 14.8 Å². The largest absolute Gasteiger partial charge is 0.493 e. The summed E-state index contributed by atoms with van der Waals surface area (Å²) in [4.78, 5) is 9.66. The maximum absolute atomic E-state index is 5.48. The van der Waals surface area contributed by atoms with E-state index in [9.17, 15) is 0 Å². The summed E-state index contributed by atoms with van der Waals surface area (Å²) in [6.07, 6.45) is 4.62. The number of hydrogen-bond acceptors (Lipinski definition) is 5. The first-order valence-electron chi connectivity index (χ1n) is 11.7. The summed E-state index contributed by atoms with van der Waals surface area (Å²) in [5, 5.41) is 3.45. The summed E-state index contributed by atoms with van der Waals surface area (Å²) in [5.74, 6) is 3.42. The smallest absolute Gasteiger partial charge is 0.193 e. The lowest BCUT2D eigenvalue weighted by Gasteiger charge is -2.29. The Balaban J connectivity index is 1.51. The van der Waals surface area contributed by atoms with Gasteiger partial charge in [0.2, 0.25) is 0 Å². The Morgan fingerprint density at radius 2 is 1.90 bits per heavy atom. The molecule has 0 unspecified atom stereocenters. The van der Waals surface area contributed by atoms with Crippen LogP contribution in [0.5, 0.6) is 11.5 Å². The van der Waals surface area contributed by atoms with Gasteiger partial charge in [-0.15, -0.1) is 0 Å². The van der Waals surface area contributed by atoms with E-state index in [1.165, 1.54) is 30.4 Å². The Hall–Kier alpha value is -1.99. The molecule has 0 radical (unpaired) electrons. The van der Waals surface area contributed by atoms with Crippen LogP contribution in [0, 0.1) is 5.92 Å². The SMILES string of the molecule is CCNC(=NCCN1CCc2cc(OC)c(OC)cc2C1)N(C)CCC1CCOCC1. The van der Waals surface area contributed by atoms with Crippen molar-refractivity contribution in [1.82, 2.24) is 15.1 Å². The normalized spacial score (nSPS) is 17.9. The molecular formula is C24H40N4O3. The van der Waals surface area contributed by atoms with Crippen molar-refractivity contribution in [2.24, 2.45) is 10.9 Å². The van der Waals surface area contributed by atoms with Gasteiger partial charge in [0.15, 0.2) is 17.5 Å². The number of fused-ring (bicyclic) bond motifs is 1. The van der Waals surface area contributed by atoms with Crippen molar-refractivity contribution in [1.29, 1.82) is 0 Å². The Labute approximate surface area is 187 Å². The van der Waals surface area contributed by atoms with E-state index in [-0.39, 0.29) is 0 Å². The fraction of sp³-hybridized carbons (Fsp3) is 0.708. The molecule has 31 heavy (non-hydrogen) atoms. The number of nitrogens with one attached hydrogen (secondary N) is 1. The van der Waals surface area contributed by atoms with Crippen LogP contribution in [-0.4, -0.2) is 83.0 Å². The molecular weight excluding hydrogens is 392 g/mol. The minimum atomic E-state index is 0.781. The van der Waals surface area contributed by atoms with Crippen LogP contribution in [0.2, 0.25) is 0 Å². The molecule has 0 bridgehead atoms. The van der Waals surface area contributed by atoms with E-state index in [0.717, 1.165) is 82.3 Å². The molecule has 0 amide bonds. The third kappa shape index (κ3) is 6.74. The molecule has 7 nitrogen and oxygen atoms in total. The summed E-state index contributed by atoms with van der Waals surface area (Å²) in [6.45, 7) is 9.62. The Bertz CT molecular complexity index is 719. The number of nitrogens with zero attached hydrogens (tertiary/aromatic N) is 3. The zero-order valence-electron chi connectivity index (χ0n) is 19.8. The standard InChI is InChI=1S/C24H40N4O3/c1-5-25-24(27(2)11-6-19-8-14-31-15-9-19)26-10-13-28-12-7-20-16-22(29-3)23(30-4)17-21(20)18-28/h16-17,19H,5-15,18H2,1-4H3,(H,25,26). The number of hydrogen-bond donors (Lipinski definition) is 1. The first kappa shape index (κ1) is 23.7. The van der Waals surface area contributed by atoms with Gasteiger partial charge in [-0.25, -0.2) is 0 Å². The van der Waals surface area contributed by atoms with Crippen LogP contribution in [0.25, 0.3) is 0 Å². The first-order valence-corrected chi connectivity index (χ1v) is 11.7. The quantitative estimate of drug-likeness (QED) is 0.478. The molecule has 3 rings (SSSR count). The van der Waals surface area contributed by atoms with Crippen LogP contribution in [0.4, 0.5) is 0 Å². The van der Waals surface area contributed by atoms with Crippen LogP contribution in [-0.2, 0) is 17.7 Å². The molecule has 0 aromatic heterocycles. The number of benzene rings is 1. The fourth-order valence-electron chi connectivity index (χ4n) is 4.42. The fourth-order valence-corrected chi connectivity index (χ4v) is 4.42. The molecule has 1 aromatic rings. The zero-order chi connectivity index (χ0) is 22.1. The third-order valence-electron chi connectivity index (χ3n) is 6.38. The average Bonchev–Trinajstić information content (AvgIpc) is 2.81. The van der Waals surface area contributed by atoms with Gasteiger partial charge in [0, 0.05) is 53.0 Å². The van der Waals surface area contributed by atoms with Crippen molar-refractivity contribution in [3.63, 3.8) is 0 Å². The highest BCUT2D eigenvalue weighted by atomic mass is 16.5. The lowest BCUT2D eigenvalue weighted by atomic mass is 9.96. The summed E-state index contributed by atoms with van der Waals surface area (Å²) >= 11 is 0. The summed E-state index contributed by atoms with van der Waals surface area (Å²) < 4.78 is 16.4.